The predicted molar refractivity (Wildman–Crippen MR) is 75.3 cm³/mol. The Balaban J connectivity index is 2.53. The average molecular weight is 265 g/mol. The van der Waals surface area contributed by atoms with Crippen LogP contribution in [0.15, 0.2) is 6.20 Å². The molecule has 0 atom stereocenters. The molecule has 0 aliphatic rings. The van der Waals surface area contributed by atoms with Crippen LogP contribution >= 0.6 is 0 Å². The largest absolute Gasteiger partial charge is 0.496 e. The first-order chi connectivity index (χ1) is 8.97. The zero-order valence-electron chi connectivity index (χ0n) is 12.4. The summed E-state index contributed by atoms with van der Waals surface area (Å²) in [6.45, 7) is 5.27. The molecular formula is C14H23N3O2. The van der Waals surface area contributed by atoms with Gasteiger partial charge < -0.3 is 15.0 Å². The first-order valence-corrected chi connectivity index (χ1v) is 6.37. The number of ether oxygens (including phenoxy) is 1. The van der Waals surface area contributed by atoms with E-state index >= 15 is 0 Å². The molecule has 19 heavy (non-hydrogen) atoms. The van der Waals surface area contributed by atoms with Crippen molar-refractivity contribution in [3.05, 3.63) is 23.0 Å². The Morgan fingerprint density at radius 3 is 2.68 bits per heavy atom. The van der Waals surface area contributed by atoms with E-state index in [0.717, 1.165) is 22.6 Å². The standard InChI is InChI=1S/C14H23N3O2/c1-10-8-16-12(11(2)14(10)19-5)9-15-7-6-13(18)17(3)4/h8,15H,6-7,9H2,1-5H3. The first kappa shape index (κ1) is 15.4. The van der Waals surface area contributed by atoms with Crippen LogP contribution in [0.2, 0.25) is 0 Å². The number of hydrogen-bond donors (Lipinski definition) is 1. The smallest absolute Gasteiger partial charge is 0.223 e. The molecule has 5 nitrogen and oxygen atoms in total. The lowest BCUT2D eigenvalue weighted by Crippen LogP contribution is -2.26. The summed E-state index contributed by atoms with van der Waals surface area (Å²) >= 11 is 0. The van der Waals surface area contributed by atoms with Crippen LogP contribution in [0.1, 0.15) is 23.2 Å². The highest BCUT2D eigenvalue weighted by molar-refractivity contribution is 5.75. The number of aryl methyl sites for hydroxylation is 1. The summed E-state index contributed by atoms with van der Waals surface area (Å²) in [5.41, 5.74) is 3.04. The number of nitrogens with one attached hydrogen (secondary N) is 1. The van der Waals surface area contributed by atoms with Gasteiger partial charge in [0, 0.05) is 50.9 Å². The monoisotopic (exact) mass is 265 g/mol. The summed E-state index contributed by atoms with van der Waals surface area (Å²) in [5, 5.41) is 3.23. The Hall–Kier alpha value is -1.62. The molecule has 0 aromatic carbocycles. The van der Waals surface area contributed by atoms with Gasteiger partial charge in [-0.25, -0.2) is 0 Å². The second-order valence-corrected chi connectivity index (χ2v) is 4.76. The van der Waals surface area contributed by atoms with Gasteiger partial charge in [-0.15, -0.1) is 0 Å². The lowest BCUT2D eigenvalue weighted by molar-refractivity contribution is -0.128. The second-order valence-electron chi connectivity index (χ2n) is 4.76. The zero-order valence-corrected chi connectivity index (χ0v) is 12.4. The van der Waals surface area contributed by atoms with E-state index in [0.29, 0.717) is 19.5 Å². The van der Waals surface area contributed by atoms with E-state index in [9.17, 15) is 4.79 Å². The van der Waals surface area contributed by atoms with Crippen LogP contribution in [0.3, 0.4) is 0 Å². The van der Waals surface area contributed by atoms with Crippen molar-refractivity contribution in [1.29, 1.82) is 0 Å². The summed E-state index contributed by atoms with van der Waals surface area (Å²) in [5.74, 6) is 1.01. The molecule has 5 heteroatoms. The Kier molecular flexibility index (Phi) is 5.76. The molecule has 1 aromatic heterocycles. The molecule has 1 heterocycles. The van der Waals surface area contributed by atoms with Crippen LogP contribution in [-0.2, 0) is 11.3 Å². The molecule has 0 aliphatic heterocycles. The number of aromatic nitrogens is 1. The van der Waals surface area contributed by atoms with Crippen molar-refractivity contribution in [2.45, 2.75) is 26.8 Å². The summed E-state index contributed by atoms with van der Waals surface area (Å²) in [7, 11) is 5.19. The summed E-state index contributed by atoms with van der Waals surface area (Å²) in [6, 6.07) is 0. The lowest BCUT2D eigenvalue weighted by atomic mass is 10.1. The van der Waals surface area contributed by atoms with E-state index in [2.05, 4.69) is 10.3 Å². The van der Waals surface area contributed by atoms with Crippen molar-refractivity contribution in [3.8, 4) is 5.75 Å². The van der Waals surface area contributed by atoms with Crippen molar-refractivity contribution in [2.24, 2.45) is 0 Å². The second kappa shape index (κ2) is 7.09. The van der Waals surface area contributed by atoms with E-state index in [-0.39, 0.29) is 5.91 Å². The van der Waals surface area contributed by atoms with Crippen LogP contribution in [0.25, 0.3) is 0 Å². The topological polar surface area (TPSA) is 54.5 Å². The maximum Gasteiger partial charge on any atom is 0.223 e. The quantitative estimate of drug-likeness (QED) is 0.787. The van der Waals surface area contributed by atoms with Gasteiger partial charge in [-0.1, -0.05) is 0 Å². The van der Waals surface area contributed by atoms with Crippen LogP contribution in [0.4, 0.5) is 0 Å². The van der Waals surface area contributed by atoms with Crippen molar-refractivity contribution in [1.82, 2.24) is 15.2 Å². The van der Waals surface area contributed by atoms with Gasteiger partial charge in [-0.3, -0.25) is 9.78 Å². The third-order valence-electron chi connectivity index (χ3n) is 3.06. The summed E-state index contributed by atoms with van der Waals surface area (Å²) in [6.07, 6.45) is 2.31. The minimum atomic E-state index is 0.124. The minimum absolute atomic E-state index is 0.124. The molecule has 0 unspecified atom stereocenters. The zero-order chi connectivity index (χ0) is 14.4. The molecule has 1 rings (SSSR count). The van der Waals surface area contributed by atoms with Gasteiger partial charge in [0.15, 0.2) is 0 Å². The number of nitrogens with zero attached hydrogens (tertiary/aromatic N) is 2. The van der Waals surface area contributed by atoms with Crippen molar-refractivity contribution >= 4 is 5.91 Å². The molecule has 0 radical (unpaired) electrons. The molecule has 0 saturated carbocycles. The fraction of sp³-hybridized carbons (Fsp3) is 0.571. The van der Waals surface area contributed by atoms with E-state index in [1.807, 2.05) is 20.0 Å². The van der Waals surface area contributed by atoms with E-state index in [1.165, 1.54) is 0 Å². The number of amides is 1. The fourth-order valence-corrected chi connectivity index (χ4v) is 1.88. The number of pyridine rings is 1. The van der Waals surface area contributed by atoms with E-state index < -0.39 is 0 Å². The van der Waals surface area contributed by atoms with E-state index in [1.54, 1.807) is 26.1 Å². The molecule has 1 amide bonds. The van der Waals surface area contributed by atoms with Crippen molar-refractivity contribution < 1.29 is 9.53 Å². The van der Waals surface area contributed by atoms with Gasteiger partial charge in [0.25, 0.3) is 0 Å². The first-order valence-electron chi connectivity index (χ1n) is 6.37. The Bertz CT molecular complexity index is 445. The maximum atomic E-state index is 11.4. The van der Waals surface area contributed by atoms with Crippen LogP contribution < -0.4 is 10.1 Å². The number of carbonyl (C=O) groups is 1. The molecule has 0 saturated heterocycles. The molecule has 0 bridgehead atoms. The molecule has 1 aromatic rings. The van der Waals surface area contributed by atoms with Gasteiger partial charge in [0.2, 0.25) is 5.91 Å². The molecule has 1 N–H and O–H groups in total. The molecule has 106 valence electrons. The maximum absolute atomic E-state index is 11.4. The highest BCUT2D eigenvalue weighted by Crippen LogP contribution is 2.23. The van der Waals surface area contributed by atoms with Crippen LogP contribution in [0.5, 0.6) is 5.75 Å². The van der Waals surface area contributed by atoms with E-state index in [4.69, 9.17) is 4.74 Å². The lowest BCUT2D eigenvalue weighted by Gasteiger charge is -2.13. The highest BCUT2D eigenvalue weighted by atomic mass is 16.5. The predicted octanol–water partition coefficient (Wildman–Crippen LogP) is 1.27. The van der Waals surface area contributed by atoms with Gasteiger partial charge in [-0.05, 0) is 13.8 Å². The molecule has 0 spiro atoms. The van der Waals surface area contributed by atoms with Crippen molar-refractivity contribution in [3.63, 3.8) is 0 Å². The Labute approximate surface area is 115 Å². The SMILES string of the molecule is COc1c(C)cnc(CNCCC(=O)N(C)C)c1C. The Morgan fingerprint density at radius 1 is 1.42 bits per heavy atom. The summed E-state index contributed by atoms with van der Waals surface area (Å²) in [4.78, 5) is 17.4. The normalized spacial score (nSPS) is 10.4. The third kappa shape index (κ3) is 4.21. The minimum Gasteiger partial charge on any atom is -0.496 e. The number of carbonyl (C=O) groups excluding carboxylic acids is 1. The van der Waals surface area contributed by atoms with Gasteiger partial charge in [0.05, 0.1) is 12.8 Å². The number of rotatable bonds is 6. The molecule has 0 fully saturated rings. The van der Waals surface area contributed by atoms with Crippen molar-refractivity contribution in [2.75, 3.05) is 27.7 Å². The van der Waals surface area contributed by atoms with Gasteiger partial charge >= 0.3 is 0 Å². The highest BCUT2D eigenvalue weighted by Gasteiger charge is 2.09. The van der Waals surface area contributed by atoms with Gasteiger partial charge in [-0.2, -0.15) is 0 Å². The third-order valence-corrected chi connectivity index (χ3v) is 3.06. The van der Waals surface area contributed by atoms with Crippen LogP contribution in [0, 0.1) is 13.8 Å². The average Bonchev–Trinajstić information content (AvgIpc) is 2.37. The Morgan fingerprint density at radius 2 is 2.11 bits per heavy atom. The molecular weight excluding hydrogens is 242 g/mol. The van der Waals surface area contributed by atoms with Crippen LogP contribution in [-0.4, -0.2) is 43.5 Å². The van der Waals surface area contributed by atoms with Gasteiger partial charge in [0.1, 0.15) is 5.75 Å². The number of methoxy groups -OCH3 is 1. The molecule has 0 aliphatic carbocycles. The fourth-order valence-electron chi connectivity index (χ4n) is 1.88. The number of hydrogen-bond acceptors (Lipinski definition) is 4. The summed E-state index contributed by atoms with van der Waals surface area (Å²) < 4.78 is 5.36.